The van der Waals surface area contributed by atoms with Gasteiger partial charge < -0.3 is 9.97 Å². The lowest BCUT2D eigenvalue weighted by atomic mass is 10.1. The number of para-hydroxylation sites is 1. The predicted molar refractivity (Wildman–Crippen MR) is 122 cm³/mol. The van der Waals surface area contributed by atoms with E-state index in [0.717, 1.165) is 53.8 Å². The van der Waals surface area contributed by atoms with Gasteiger partial charge in [-0.2, -0.15) is 0 Å². The number of aromatic nitrogens is 3. The first-order chi connectivity index (χ1) is 13.7. The highest BCUT2D eigenvalue weighted by molar-refractivity contribution is 9.10. The van der Waals surface area contributed by atoms with E-state index in [1.165, 1.54) is 0 Å². The van der Waals surface area contributed by atoms with Crippen molar-refractivity contribution in [3.05, 3.63) is 87.9 Å². The number of benzene rings is 3. The van der Waals surface area contributed by atoms with Crippen molar-refractivity contribution in [3.8, 4) is 33.9 Å². The standard InChI is InChI=1S/C23H15Br2N3/c24-15-11-9-14(10-12-15)21-22(17-6-1-3-7-19(17)25)28-23(27-21)18-13-26-20-8-4-2-5-16(18)20/h1-13,26H,(H,27,28). The van der Waals surface area contributed by atoms with Crippen molar-refractivity contribution in [2.75, 3.05) is 0 Å². The molecule has 5 heteroatoms. The van der Waals surface area contributed by atoms with Crippen LogP contribution in [-0.4, -0.2) is 15.0 Å². The number of hydrogen-bond acceptors (Lipinski definition) is 1. The third kappa shape index (κ3) is 3.01. The zero-order valence-corrected chi connectivity index (χ0v) is 17.9. The summed E-state index contributed by atoms with van der Waals surface area (Å²) in [4.78, 5) is 11.9. The Kier molecular flexibility index (Phi) is 4.41. The average Bonchev–Trinajstić information content (AvgIpc) is 3.33. The Morgan fingerprint density at radius 1 is 0.750 bits per heavy atom. The van der Waals surface area contributed by atoms with Crippen LogP contribution in [-0.2, 0) is 0 Å². The largest absolute Gasteiger partial charge is 0.360 e. The molecule has 0 aliphatic rings. The maximum Gasteiger partial charge on any atom is 0.140 e. The molecule has 0 aliphatic carbocycles. The number of nitrogens with one attached hydrogen (secondary N) is 2. The number of fused-ring (bicyclic) bond motifs is 1. The summed E-state index contributed by atoms with van der Waals surface area (Å²) in [5.74, 6) is 0.848. The first-order valence-corrected chi connectivity index (χ1v) is 10.5. The lowest BCUT2D eigenvalue weighted by molar-refractivity contribution is 1.31. The normalized spacial score (nSPS) is 11.2. The van der Waals surface area contributed by atoms with Gasteiger partial charge in [-0.15, -0.1) is 0 Å². The zero-order chi connectivity index (χ0) is 19.1. The van der Waals surface area contributed by atoms with Gasteiger partial charge in [-0.3, -0.25) is 0 Å². The Hall–Kier alpha value is -2.63. The molecule has 0 aliphatic heterocycles. The Morgan fingerprint density at radius 3 is 2.32 bits per heavy atom. The molecule has 0 saturated heterocycles. The number of H-pyrrole nitrogens is 2. The molecule has 28 heavy (non-hydrogen) atoms. The van der Waals surface area contributed by atoms with Gasteiger partial charge in [-0.1, -0.05) is 80.4 Å². The van der Waals surface area contributed by atoms with Crippen LogP contribution in [0.25, 0.3) is 44.8 Å². The topological polar surface area (TPSA) is 44.5 Å². The molecule has 2 N–H and O–H groups in total. The van der Waals surface area contributed by atoms with Gasteiger partial charge in [0, 0.05) is 42.7 Å². The monoisotopic (exact) mass is 491 g/mol. The molecular weight excluding hydrogens is 478 g/mol. The molecule has 3 nitrogen and oxygen atoms in total. The molecule has 5 rings (SSSR count). The van der Waals surface area contributed by atoms with Crippen LogP contribution in [0.4, 0.5) is 0 Å². The lowest BCUT2D eigenvalue weighted by Gasteiger charge is -2.05. The molecule has 2 heterocycles. The molecule has 0 unspecified atom stereocenters. The zero-order valence-electron chi connectivity index (χ0n) is 14.7. The molecule has 0 fully saturated rings. The van der Waals surface area contributed by atoms with Crippen LogP contribution < -0.4 is 0 Å². The quantitative estimate of drug-likeness (QED) is 0.270. The third-order valence-electron chi connectivity index (χ3n) is 4.81. The molecule has 3 aromatic carbocycles. The maximum absolute atomic E-state index is 5.01. The summed E-state index contributed by atoms with van der Waals surface area (Å²) in [5.41, 5.74) is 6.24. The van der Waals surface area contributed by atoms with Crippen LogP contribution in [0.5, 0.6) is 0 Å². The average molecular weight is 493 g/mol. The summed E-state index contributed by atoms with van der Waals surface area (Å²) >= 11 is 7.20. The molecule has 0 bridgehead atoms. The van der Waals surface area contributed by atoms with E-state index in [1.54, 1.807) is 0 Å². The SMILES string of the molecule is Brc1ccc(-c2nc(-c3c[nH]c4ccccc34)[nH]c2-c2ccccc2Br)cc1. The fourth-order valence-corrected chi connectivity index (χ4v) is 4.19. The van der Waals surface area contributed by atoms with Gasteiger partial charge >= 0.3 is 0 Å². The van der Waals surface area contributed by atoms with Crippen LogP contribution in [0.3, 0.4) is 0 Å². The van der Waals surface area contributed by atoms with Gasteiger partial charge in [0.05, 0.1) is 11.4 Å². The minimum Gasteiger partial charge on any atom is -0.360 e. The van der Waals surface area contributed by atoms with Crippen LogP contribution in [0.1, 0.15) is 0 Å². The number of halogens is 2. The van der Waals surface area contributed by atoms with Gasteiger partial charge in [0.15, 0.2) is 0 Å². The number of rotatable bonds is 3. The van der Waals surface area contributed by atoms with Crippen molar-refractivity contribution >= 4 is 42.8 Å². The highest BCUT2D eigenvalue weighted by Crippen LogP contribution is 2.38. The van der Waals surface area contributed by atoms with Crippen LogP contribution in [0, 0.1) is 0 Å². The van der Waals surface area contributed by atoms with E-state index in [9.17, 15) is 0 Å². The van der Waals surface area contributed by atoms with Gasteiger partial charge in [-0.05, 0) is 24.3 Å². The number of aromatic amines is 2. The molecule has 0 saturated carbocycles. The maximum atomic E-state index is 5.01. The summed E-state index contributed by atoms with van der Waals surface area (Å²) in [7, 11) is 0. The molecule has 0 amide bonds. The molecule has 5 aromatic rings. The van der Waals surface area contributed by atoms with Crippen molar-refractivity contribution in [2.24, 2.45) is 0 Å². The predicted octanol–water partition coefficient (Wildman–Crippen LogP) is 7.42. The first kappa shape index (κ1) is 17.5. The first-order valence-electron chi connectivity index (χ1n) is 8.88. The Labute approximate surface area is 179 Å². The minimum absolute atomic E-state index is 0.848. The van der Waals surface area contributed by atoms with E-state index >= 15 is 0 Å². The highest BCUT2D eigenvalue weighted by Gasteiger charge is 2.18. The van der Waals surface area contributed by atoms with E-state index in [1.807, 2.05) is 48.7 Å². The van der Waals surface area contributed by atoms with Crippen molar-refractivity contribution in [1.82, 2.24) is 15.0 Å². The summed E-state index contributed by atoms with van der Waals surface area (Å²) < 4.78 is 2.08. The molecule has 0 atom stereocenters. The van der Waals surface area contributed by atoms with Gasteiger partial charge in [0.2, 0.25) is 0 Å². The van der Waals surface area contributed by atoms with Gasteiger partial charge in [0.1, 0.15) is 5.82 Å². The van der Waals surface area contributed by atoms with Crippen LogP contribution in [0.2, 0.25) is 0 Å². The molecule has 0 spiro atoms. The van der Waals surface area contributed by atoms with E-state index in [4.69, 9.17) is 4.98 Å². The second-order valence-electron chi connectivity index (χ2n) is 6.54. The van der Waals surface area contributed by atoms with E-state index < -0.39 is 0 Å². The molecule has 0 radical (unpaired) electrons. The highest BCUT2D eigenvalue weighted by atomic mass is 79.9. The fourth-order valence-electron chi connectivity index (χ4n) is 3.44. The number of imidazole rings is 1. The van der Waals surface area contributed by atoms with Gasteiger partial charge in [-0.25, -0.2) is 4.98 Å². The Bertz CT molecular complexity index is 1280. The summed E-state index contributed by atoms with van der Waals surface area (Å²) in [6.07, 6.45) is 2.01. The second-order valence-corrected chi connectivity index (χ2v) is 8.31. The van der Waals surface area contributed by atoms with Crippen molar-refractivity contribution in [3.63, 3.8) is 0 Å². The molecule has 2 aromatic heterocycles. The second kappa shape index (κ2) is 7.08. The third-order valence-corrected chi connectivity index (χ3v) is 6.03. The Morgan fingerprint density at radius 2 is 1.50 bits per heavy atom. The smallest absolute Gasteiger partial charge is 0.140 e. The molecule has 136 valence electrons. The van der Waals surface area contributed by atoms with Crippen molar-refractivity contribution in [1.29, 1.82) is 0 Å². The molecular formula is C23H15Br2N3. The Balaban J connectivity index is 1.75. The number of nitrogens with zero attached hydrogens (tertiary/aromatic N) is 1. The number of hydrogen-bond donors (Lipinski definition) is 2. The van der Waals surface area contributed by atoms with Crippen LogP contribution in [0.15, 0.2) is 87.9 Å². The summed E-state index contributed by atoms with van der Waals surface area (Å²) in [5, 5.41) is 1.15. The van der Waals surface area contributed by atoms with Crippen molar-refractivity contribution in [2.45, 2.75) is 0 Å². The van der Waals surface area contributed by atoms with Crippen LogP contribution >= 0.6 is 31.9 Å². The van der Waals surface area contributed by atoms with Gasteiger partial charge in [0.25, 0.3) is 0 Å². The van der Waals surface area contributed by atoms with E-state index in [2.05, 4.69) is 72.2 Å². The minimum atomic E-state index is 0.848. The van der Waals surface area contributed by atoms with E-state index in [0.29, 0.717) is 0 Å². The summed E-state index contributed by atoms with van der Waals surface area (Å²) in [6, 6.07) is 24.7. The summed E-state index contributed by atoms with van der Waals surface area (Å²) in [6.45, 7) is 0. The van der Waals surface area contributed by atoms with Crippen molar-refractivity contribution < 1.29 is 0 Å². The van der Waals surface area contributed by atoms with E-state index in [-0.39, 0.29) is 0 Å². The lowest BCUT2D eigenvalue weighted by Crippen LogP contribution is -1.85. The fraction of sp³-hybridized carbons (Fsp3) is 0.